The molecule has 5 heteroatoms. The van der Waals surface area contributed by atoms with Crippen molar-refractivity contribution >= 4 is 10.8 Å². The zero-order chi connectivity index (χ0) is 15.2. The lowest BCUT2D eigenvalue weighted by Crippen LogP contribution is -2.47. The molecule has 2 fully saturated rings. The average molecular weight is 316 g/mol. The molecular formula is C17H20N2O2S. The molecule has 4 rings (SSSR count). The highest BCUT2D eigenvalue weighted by Crippen LogP contribution is 2.44. The van der Waals surface area contributed by atoms with Crippen molar-refractivity contribution in [1.82, 2.24) is 9.78 Å². The largest absolute Gasteiger partial charge is 0.385 e. The molecule has 0 amide bonds. The van der Waals surface area contributed by atoms with Crippen LogP contribution in [0.5, 0.6) is 0 Å². The Morgan fingerprint density at radius 3 is 2.55 bits per heavy atom. The number of aliphatic hydroxyl groups is 1. The van der Waals surface area contributed by atoms with Gasteiger partial charge in [-0.1, -0.05) is 24.6 Å². The molecule has 3 heterocycles. The fourth-order valence-electron chi connectivity index (χ4n) is 3.80. The predicted molar refractivity (Wildman–Crippen MR) is 86.3 cm³/mol. The molecule has 0 aliphatic carbocycles. The fraction of sp³-hybridized carbons (Fsp3) is 0.471. The monoisotopic (exact) mass is 316 g/mol. The first-order chi connectivity index (χ1) is 10.7. The van der Waals surface area contributed by atoms with Crippen molar-refractivity contribution in [3.8, 4) is 5.69 Å². The van der Waals surface area contributed by atoms with E-state index in [1.165, 1.54) is 0 Å². The van der Waals surface area contributed by atoms with Crippen LogP contribution in [0.15, 0.2) is 42.7 Å². The van der Waals surface area contributed by atoms with Gasteiger partial charge < -0.3 is 5.11 Å². The zero-order valence-corrected chi connectivity index (χ0v) is 13.2. The molecule has 4 nitrogen and oxygen atoms in total. The number of para-hydroxylation sites is 1. The van der Waals surface area contributed by atoms with E-state index in [2.05, 4.69) is 5.10 Å². The molecule has 0 spiro atoms. The third-order valence-corrected chi connectivity index (χ3v) is 7.10. The predicted octanol–water partition coefficient (Wildman–Crippen LogP) is 2.52. The molecule has 2 aliphatic rings. The Balaban J connectivity index is 1.65. The van der Waals surface area contributed by atoms with Crippen molar-refractivity contribution < 1.29 is 9.32 Å². The van der Waals surface area contributed by atoms with E-state index < -0.39 is 16.4 Å². The summed E-state index contributed by atoms with van der Waals surface area (Å²) in [6, 6.07) is 9.90. The van der Waals surface area contributed by atoms with Crippen LogP contribution < -0.4 is 0 Å². The van der Waals surface area contributed by atoms with E-state index in [0.29, 0.717) is 12.8 Å². The molecule has 22 heavy (non-hydrogen) atoms. The third-order valence-electron chi connectivity index (χ3n) is 4.98. The molecule has 2 bridgehead atoms. The van der Waals surface area contributed by atoms with Gasteiger partial charge in [0.05, 0.1) is 17.5 Å². The van der Waals surface area contributed by atoms with E-state index in [1.54, 1.807) is 10.9 Å². The Morgan fingerprint density at radius 1 is 1.18 bits per heavy atom. The van der Waals surface area contributed by atoms with Gasteiger partial charge in [-0.3, -0.25) is 4.21 Å². The van der Waals surface area contributed by atoms with Crippen LogP contribution in [0.25, 0.3) is 5.69 Å². The molecule has 2 unspecified atom stereocenters. The average Bonchev–Trinajstić information content (AvgIpc) is 3.01. The van der Waals surface area contributed by atoms with Gasteiger partial charge in [0, 0.05) is 33.1 Å². The first-order valence-corrected chi connectivity index (χ1v) is 9.16. The molecule has 1 aromatic heterocycles. The number of benzene rings is 1. The summed E-state index contributed by atoms with van der Waals surface area (Å²) in [6.07, 6.45) is 7.94. The Morgan fingerprint density at radius 2 is 1.86 bits per heavy atom. The van der Waals surface area contributed by atoms with Crippen molar-refractivity contribution in [3.05, 3.63) is 48.3 Å². The first-order valence-electron chi connectivity index (χ1n) is 7.88. The fourth-order valence-corrected chi connectivity index (χ4v) is 6.03. The molecule has 2 aliphatic heterocycles. The van der Waals surface area contributed by atoms with Gasteiger partial charge in [0.15, 0.2) is 0 Å². The second-order valence-electron chi connectivity index (χ2n) is 6.45. The SMILES string of the molecule is O=S1C2CCCC1CC(O)(c1cnn(-c3ccccc3)c1)C2. The maximum atomic E-state index is 12.3. The summed E-state index contributed by atoms with van der Waals surface area (Å²) in [5.41, 5.74) is 0.957. The van der Waals surface area contributed by atoms with Crippen molar-refractivity contribution in [2.75, 3.05) is 0 Å². The minimum absolute atomic E-state index is 0.137. The first kappa shape index (κ1) is 14.2. The molecule has 116 valence electrons. The summed E-state index contributed by atoms with van der Waals surface area (Å²) in [5.74, 6) is 0. The van der Waals surface area contributed by atoms with E-state index >= 15 is 0 Å². The normalized spacial score (nSPS) is 34.5. The van der Waals surface area contributed by atoms with Crippen LogP contribution >= 0.6 is 0 Å². The quantitative estimate of drug-likeness (QED) is 0.926. The number of nitrogens with zero attached hydrogens (tertiary/aromatic N) is 2. The molecule has 2 saturated heterocycles. The summed E-state index contributed by atoms with van der Waals surface area (Å²) >= 11 is 0. The maximum absolute atomic E-state index is 12.3. The molecule has 0 saturated carbocycles. The van der Waals surface area contributed by atoms with Gasteiger partial charge in [0.1, 0.15) is 0 Å². The highest BCUT2D eigenvalue weighted by atomic mass is 32.2. The summed E-state index contributed by atoms with van der Waals surface area (Å²) < 4.78 is 14.1. The molecule has 1 aromatic carbocycles. The van der Waals surface area contributed by atoms with Crippen LogP contribution in [0.4, 0.5) is 0 Å². The van der Waals surface area contributed by atoms with Crippen molar-refractivity contribution in [1.29, 1.82) is 0 Å². The Bertz CT molecular complexity index is 682. The molecule has 1 N–H and O–H groups in total. The van der Waals surface area contributed by atoms with Crippen molar-refractivity contribution in [2.45, 2.75) is 48.2 Å². The molecule has 0 radical (unpaired) electrons. The van der Waals surface area contributed by atoms with Crippen LogP contribution in [0.1, 0.15) is 37.7 Å². The lowest BCUT2D eigenvalue weighted by atomic mass is 9.82. The van der Waals surface area contributed by atoms with Gasteiger partial charge in [0.25, 0.3) is 0 Å². The minimum Gasteiger partial charge on any atom is -0.385 e. The zero-order valence-electron chi connectivity index (χ0n) is 12.4. The van der Waals surface area contributed by atoms with Gasteiger partial charge in [-0.2, -0.15) is 5.10 Å². The van der Waals surface area contributed by atoms with E-state index in [-0.39, 0.29) is 10.5 Å². The number of aromatic nitrogens is 2. The smallest absolute Gasteiger partial charge is 0.0949 e. The van der Waals surface area contributed by atoms with Crippen LogP contribution in [-0.2, 0) is 16.4 Å². The highest BCUT2D eigenvalue weighted by molar-refractivity contribution is 7.86. The lowest BCUT2D eigenvalue weighted by molar-refractivity contribution is 0.00651. The van der Waals surface area contributed by atoms with Crippen LogP contribution in [0, 0.1) is 0 Å². The van der Waals surface area contributed by atoms with E-state index in [0.717, 1.165) is 30.5 Å². The third kappa shape index (κ3) is 2.32. The van der Waals surface area contributed by atoms with Gasteiger partial charge in [-0.05, 0) is 37.8 Å². The summed E-state index contributed by atoms with van der Waals surface area (Å²) in [6.45, 7) is 0. The second-order valence-corrected chi connectivity index (χ2v) is 8.44. The second kappa shape index (κ2) is 5.32. The topological polar surface area (TPSA) is 55.1 Å². The Labute approximate surface area is 132 Å². The number of hydrogen-bond donors (Lipinski definition) is 1. The Hall–Kier alpha value is -1.46. The van der Waals surface area contributed by atoms with E-state index in [4.69, 9.17) is 0 Å². The summed E-state index contributed by atoms with van der Waals surface area (Å²) in [5, 5.41) is 15.8. The number of fused-ring (bicyclic) bond motifs is 2. The van der Waals surface area contributed by atoms with Gasteiger partial charge in [0.2, 0.25) is 0 Å². The van der Waals surface area contributed by atoms with Crippen LogP contribution in [-0.4, -0.2) is 29.6 Å². The van der Waals surface area contributed by atoms with E-state index in [1.807, 2.05) is 36.5 Å². The molecule has 2 atom stereocenters. The molecule has 2 aromatic rings. The number of rotatable bonds is 2. The van der Waals surface area contributed by atoms with Gasteiger partial charge in [-0.15, -0.1) is 0 Å². The maximum Gasteiger partial charge on any atom is 0.0949 e. The van der Waals surface area contributed by atoms with Crippen molar-refractivity contribution in [2.24, 2.45) is 0 Å². The lowest BCUT2D eigenvalue weighted by Gasteiger charge is -2.43. The standard InChI is InChI=1S/C17H20N2O2S/c20-17(9-15-7-4-8-16(10-17)22(15)21)13-11-18-19(12-13)14-5-2-1-3-6-14/h1-3,5-6,11-12,15-16,20H,4,7-10H2. The summed E-state index contributed by atoms with van der Waals surface area (Å²) in [4.78, 5) is 0. The van der Waals surface area contributed by atoms with Crippen molar-refractivity contribution in [3.63, 3.8) is 0 Å². The van der Waals surface area contributed by atoms with Gasteiger partial charge >= 0.3 is 0 Å². The van der Waals surface area contributed by atoms with Gasteiger partial charge in [-0.25, -0.2) is 4.68 Å². The highest BCUT2D eigenvalue weighted by Gasteiger charge is 2.46. The number of hydrogen-bond acceptors (Lipinski definition) is 3. The van der Waals surface area contributed by atoms with E-state index in [9.17, 15) is 9.32 Å². The molecular weight excluding hydrogens is 296 g/mol. The van der Waals surface area contributed by atoms with Crippen LogP contribution in [0.2, 0.25) is 0 Å². The minimum atomic E-state index is -0.878. The Kier molecular flexibility index (Phi) is 3.42. The van der Waals surface area contributed by atoms with Crippen LogP contribution in [0.3, 0.4) is 0 Å². The summed E-state index contributed by atoms with van der Waals surface area (Å²) in [7, 11) is -0.773.